The van der Waals surface area contributed by atoms with E-state index < -0.39 is 18.3 Å². The van der Waals surface area contributed by atoms with Gasteiger partial charge in [-0.15, -0.1) is 0 Å². The van der Waals surface area contributed by atoms with Crippen molar-refractivity contribution in [3.63, 3.8) is 0 Å². The molecule has 0 aromatic heterocycles. The van der Waals surface area contributed by atoms with Crippen molar-refractivity contribution in [3.05, 3.63) is 0 Å². The summed E-state index contributed by atoms with van der Waals surface area (Å²) in [5.74, 6) is -1.62. The lowest BCUT2D eigenvalue weighted by Crippen LogP contribution is -2.28. The number of carboxylic acid groups (broad SMARTS) is 1. The first-order valence-electron chi connectivity index (χ1n) is 3.14. The van der Waals surface area contributed by atoms with E-state index >= 15 is 0 Å². The molecule has 0 bridgehead atoms. The highest BCUT2D eigenvalue weighted by Crippen LogP contribution is 1.77. The molecule has 0 unspecified atom stereocenters. The van der Waals surface area contributed by atoms with Crippen LogP contribution in [-0.4, -0.2) is 37.2 Å². The summed E-state index contributed by atoms with van der Waals surface area (Å²) in [5, 5.41) is 10.5. The zero-order valence-electron chi connectivity index (χ0n) is 6.29. The van der Waals surface area contributed by atoms with E-state index in [1.165, 1.54) is 7.11 Å². The molecule has 0 rings (SSSR count). The minimum Gasteiger partial charge on any atom is -0.481 e. The first-order valence-corrected chi connectivity index (χ1v) is 3.14. The molecule has 1 amide bonds. The van der Waals surface area contributed by atoms with Gasteiger partial charge >= 0.3 is 5.97 Å². The Bertz CT molecular complexity index is 146. The summed E-state index contributed by atoms with van der Waals surface area (Å²) in [6.07, 6.45) is -0.482. The lowest BCUT2D eigenvalue weighted by atomic mass is 10.4. The molecule has 2 N–H and O–H groups in total. The van der Waals surface area contributed by atoms with Crippen LogP contribution in [0.2, 0.25) is 0 Å². The predicted molar refractivity (Wildman–Crippen MR) is 37.1 cm³/mol. The van der Waals surface area contributed by atoms with Gasteiger partial charge < -0.3 is 15.2 Å². The minimum atomic E-state index is -1.13. The Labute approximate surface area is 64.3 Å². The highest BCUT2D eigenvalue weighted by atomic mass is 16.5. The Balaban J connectivity index is 3.30. The average Bonchev–Trinajstić information content (AvgIpc) is 1.86. The number of nitrogens with one attached hydrogen (secondary N) is 1. The fraction of sp³-hybridized carbons (Fsp3) is 0.667. The Morgan fingerprint density at radius 3 is 2.64 bits per heavy atom. The predicted octanol–water partition coefficient (Wildman–Crippen LogP) is -0.776. The number of carboxylic acids is 1. The molecular weight excluding hydrogens is 150 g/mol. The molecular formula is C6H11NO4. The van der Waals surface area contributed by atoms with Gasteiger partial charge in [-0.3, -0.25) is 9.59 Å². The molecule has 0 heterocycles. The Morgan fingerprint density at radius 1 is 1.55 bits per heavy atom. The minimum absolute atomic E-state index is 0.350. The number of carbonyl (C=O) groups excluding carboxylic acids is 1. The third-order valence-electron chi connectivity index (χ3n) is 0.940. The van der Waals surface area contributed by atoms with E-state index in [1.807, 2.05) is 0 Å². The molecule has 0 spiro atoms. The van der Waals surface area contributed by atoms with Crippen molar-refractivity contribution in [2.24, 2.45) is 0 Å². The van der Waals surface area contributed by atoms with E-state index in [2.05, 4.69) is 10.1 Å². The van der Waals surface area contributed by atoms with E-state index in [-0.39, 0.29) is 0 Å². The van der Waals surface area contributed by atoms with Crippen LogP contribution < -0.4 is 5.32 Å². The molecule has 64 valence electrons. The highest BCUT2D eigenvalue weighted by molar-refractivity contribution is 5.93. The Kier molecular flexibility index (Phi) is 5.10. The maximum Gasteiger partial charge on any atom is 0.312 e. The molecule has 0 aliphatic heterocycles. The lowest BCUT2D eigenvalue weighted by Gasteiger charge is -2.00. The first kappa shape index (κ1) is 9.90. The smallest absolute Gasteiger partial charge is 0.312 e. The first-order chi connectivity index (χ1) is 5.16. The number of aliphatic carboxylic acids is 1. The normalized spacial score (nSPS) is 9.18. The second-order valence-corrected chi connectivity index (χ2v) is 1.91. The third-order valence-corrected chi connectivity index (χ3v) is 0.940. The summed E-state index contributed by atoms with van der Waals surface area (Å²) < 4.78 is 4.64. The molecule has 5 nitrogen and oxygen atoms in total. The molecule has 0 saturated carbocycles. The van der Waals surface area contributed by atoms with Gasteiger partial charge in [0, 0.05) is 13.7 Å². The molecule has 0 fully saturated rings. The van der Waals surface area contributed by atoms with Crippen LogP contribution in [0.15, 0.2) is 0 Å². The highest BCUT2D eigenvalue weighted by Gasteiger charge is 2.05. The zero-order chi connectivity index (χ0) is 8.69. The summed E-state index contributed by atoms with van der Waals surface area (Å²) >= 11 is 0. The van der Waals surface area contributed by atoms with Crippen LogP contribution in [-0.2, 0) is 14.3 Å². The number of hydrogen-bond donors (Lipinski definition) is 2. The number of ether oxygens (including phenoxy) is 1. The number of hydrogen-bond acceptors (Lipinski definition) is 3. The van der Waals surface area contributed by atoms with Crippen LogP contribution >= 0.6 is 0 Å². The summed E-state index contributed by atoms with van der Waals surface area (Å²) in [4.78, 5) is 20.5. The SMILES string of the molecule is COCCNC(=O)CC(=O)O. The Morgan fingerprint density at radius 2 is 2.18 bits per heavy atom. The van der Waals surface area contributed by atoms with E-state index in [0.29, 0.717) is 13.2 Å². The average molecular weight is 161 g/mol. The van der Waals surface area contributed by atoms with Crippen LogP contribution in [0.1, 0.15) is 6.42 Å². The molecule has 0 aliphatic rings. The van der Waals surface area contributed by atoms with Crippen LogP contribution in [0.3, 0.4) is 0 Å². The van der Waals surface area contributed by atoms with Crippen molar-refractivity contribution < 1.29 is 19.4 Å². The summed E-state index contributed by atoms with van der Waals surface area (Å²) in [6.45, 7) is 0.744. The quantitative estimate of drug-likeness (QED) is 0.410. The van der Waals surface area contributed by atoms with Crippen molar-refractivity contribution in [3.8, 4) is 0 Å². The summed E-state index contributed by atoms with van der Waals surface area (Å²) in [7, 11) is 1.50. The van der Waals surface area contributed by atoms with Crippen LogP contribution in [0, 0.1) is 0 Å². The summed E-state index contributed by atoms with van der Waals surface area (Å²) in [5.41, 5.74) is 0. The number of amides is 1. The Hall–Kier alpha value is -1.10. The van der Waals surface area contributed by atoms with Crippen molar-refractivity contribution in [1.29, 1.82) is 0 Å². The molecule has 0 aliphatic carbocycles. The largest absolute Gasteiger partial charge is 0.481 e. The van der Waals surface area contributed by atoms with Gasteiger partial charge in [0.25, 0.3) is 0 Å². The van der Waals surface area contributed by atoms with Crippen molar-refractivity contribution in [1.82, 2.24) is 5.32 Å². The van der Waals surface area contributed by atoms with E-state index in [1.54, 1.807) is 0 Å². The zero-order valence-corrected chi connectivity index (χ0v) is 6.29. The number of rotatable bonds is 5. The van der Waals surface area contributed by atoms with Gasteiger partial charge in [-0.1, -0.05) is 0 Å². The summed E-state index contributed by atoms with van der Waals surface area (Å²) in [6, 6.07) is 0. The molecule has 0 atom stereocenters. The van der Waals surface area contributed by atoms with Gasteiger partial charge in [0.1, 0.15) is 6.42 Å². The van der Waals surface area contributed by atoms with Gasteiger partial charge in [-0.25, -0.2) is 0 Å². The van der Waals surface area contributed by atoms with Gasteiger partial charge in [0.05, 0.1) is 6.61 Å². The van der Waals surface area contributed by atoms with Crippen LogP contribution in [0.5, 0.6) is 0 Å². The second kappa shape index (κ2) is 5.67. The topological polar surface area (TPSA) is 75.6 Å². The maximum absolute atomic E-state index is 10.6. The molecule has 0 radical (unpaired) electrons. The number of methoxy groups -OCH3 is 1. The van der Waals surface area contributed by atoms with E-state index in [0.717, 1.165) is 0 Å². The van der Waals surface area contributed by atoms with Crippen LogP contribution in [0.25, 0.3) is 0 Å². The molecule has 0 saturated heterocycles. The van der Waals surface area contributed by atoms with Gasteiger partial charge in [-0.2, -0.15) is 0 Å². The standard InChI is InChI=1S/C6H11NO4/c1-11-3-2-7-5(8)4-6(9)10/h2-4H2,1H3,(H,7,8)(H,9,10). The van der Waals surface area contributed by atoms with Crippen LogP contribution in [0.4, 0.5) is 0 Å². The van der Waals surface area contributed by atoms with Crippen molar-refractivity contribution in [2.45, 2.75) is 6.42 Å². The van der Waals surface area contributed by atoms with E-state index in [4.69, 9.17) is 5.11 Å². The van der Waals surface area contributed by atoms with Gasteiger partial charge in [0.2, 0.25) is 5.91 Å². The third kappa shape index (κ3) is 6.79. The van der Waals surface area contributed by atoms with Gasteiger partial charge in [0.15, 0.2) is 0 Å². The fourth-order valence-corrected chi connectivity index (χ4v) is 0.492. The fourth-order valence-electron chi connectivity index (χ4n) is 0.492. The molecule has 0 aromatic rings. The second-order valence-electron chi connectivity index (χ2n) is 1.91. The lowest BCUT2D eigenvalue weighted by molar-refractivity contribution is -0.140. The monoisotopic (exact) mass is 161 g/mol. The molecule has 5 heteroatoms. The maximum atomic E-state index is 10.6. The van der Waals surface area contributed by atoms with Gasteiger partial charge in [-0.05, 0) is 0 Å². The van der Waals surface area contributed by atoms with Crippen molar-refractivity contribution >= 4 is 11.9 Å². The molecule has 11 heavy (non-hydrogen) atoms. The number of carbonyl (C=O) groups is 2. The van der Waals surface area contributed by atoms with E-state index in [9.17, 15) is 9.59 Å². The molecule has 0 aromatic carbocycles. The van der Waals surface area contributed by atoms with Crippen molar-refractivity contribution in [2.75, 3.05) is 20.3 Å².